The minimum Gasteiger partial charge on any atom is -0.493 e. The van der Waals surface area contributed by atoms with E-state index in [0.717, 1.165) is 0 Å². The molecule has 1 unspecified atom stereocenters. The van der Waals surface area contributed by atoms with Crippen molar-refractivity contribution in [2.75, 3.05) is 13.2 Å². The molecule has 1 aromatic rings. The van der Waals surface area contributed by atoms with Gasteiger partial charge in [0.2, 0.25) is 0 Å². The second-order valence-electron chi connectivity index (χ2n) is 5.17. The van der Waals surface area contributed by atoms with Crippen molar-refractivity contribution in [3.05, 3.63) is 29.6 Å². The van der Waals surface area contributed by atoms with Crippen LogP contribution in [0, 0.1) is 12.7 Å². The molecule has 0 aliphatic rings. The van der Waals surface area contributed by atoms with Crippen LogP contribution in [0.3, 0.4) is 0 Å². The quantitative estimate of drug-likeness (QED) is 0.750. The van der Waals surface area contributed by atoms with Gasteiger partial charge in [0.05, 0.1) is 13.2 Å². The molecule has 1 N–H and O–H groups in total. The number of hydrogen-bond acceptors (Lipinski definition) is 4. The molecular weight excluding hydrogens is 273 g/mol. The van der Waals surface area contributed by atoms with Crippen LogP contribution in [0.2, 0.25) is 0 Å². The maximum Gasteiger partial charge on any atom is 0.323 e. The van der Waals surface area contributed by atoms with E-state index in [-0.39, 0.29) is 17.8 Å². The highest BCUT2D eigenvalue weighted by Gasteiger charge is 2.20. The van der Waals surface area contributed by atoms with Crippen molar-refractivity contribution in [2.45, 2.75) is 46.2 Å². The Morgan fingerprint density at radius 3 is 2.67 bits per heavy atom. The van der Waals surface area contributed by atoms with Crippen LogP contribution >= 0.6 is 0 Å². The van der Waals surface area contributed by atoms with Crippen LogP contribution in [-0.4, -0.2) is 31.3 Å². The molecule has 0 heterocycles. The Hall–Kier alpha value is -1.62. The van der Waals surface area contributed by atoms with Gasteiger partial charge < -0.3 is 14.8 Å². The Kier molecular flexibility index (Phi) is 7.15. The molecule has 118 valence electrons. The van der Waals surface area contributed by atoms with Gasteiger partial charge in [0.1, 0.15) is 17.6 Å². The summed E-state index contributed by atoms with van der Waals surface area (Å²) in [6.45, 7) is 8.05. The fourth-order valence-electron chi connectivity index (χ4n) is 1.87. The summed E-state index contributed by atoms with van der Waals surface area (Å²) in [5.41, 5.74) is 0.577. The molecule has 0 spiro atoms. The number of aryl methyl sites for hydroxylation is 1. The standard InChI is InChI=1S/C16H24FNO3/c1-5-20-16(19)15(18-11(2)3)8-9-21-13-7-6-12(4)14(17)10-13/h6-7,10-11,15,18H,5,8-9H2,1-4H3. The van der Waals surface area contributed by atoms with Crippen LogP contribution in [0.5, 0.6) is 5.75 Å². The van der Waals surface area contributed by atoms with Crippen LogP contribution in [0.1, 0.15) is 32.8 Å². The Morgan fingerprint density at radius 1 is 1.38 bits per heavy atom. The third-order valence-electron chi connectivity index (χ3n) is 2.92. The van der Waals surface area contributed by atoms with E-state index in [1.165, 1.54) is 6.07 Å². The van der Waals surface area contributed by atoms with Crippen LogP contribution in [-0.2, 0) is 9.53 Å². The van der Waals surface area contributed by atoms with Crippen molar-refractivity contribution in [3.63, 3.8) is 0 Å². The van der Waals surface area contributed by atoms with E-state index in [0.29, 0.717) is 30.9 Å². The van der Waals surface area contributed by atoms with Crippen molar-refractivity contribution >= 4 is 5.97 Å². The van der Waals surface area contributed by atoms with Crippen molar-refractivity contribution in [2.24, 2.45) is 0 Å². The molecule has 0 amide bonds. The van der Waals surface area contributed by atoms with Gasteiger partial charge in [-0.25, -0.2) is 4.39 Å². The zero-order chi connectivity index (χ0) is 15.8. The Balaban J connectivity index is 2.52. The average molecular weight is 297 g/mol. The fraction of sp³-hybridized carbons (Fsp3) is 0.562. The minimum atomic E-state index is -0.416. The SMILES string of the molecule is CCOC(=O)C(CCOc1ccc(C)c(F)c1)NC(C)C. The highest BCUT2D eigenvalue weighted by molar-refractivity contribution is 5.75. The number of esters is 1. The van der Waals surface area contributed by atoms with Crippen LogP contribution in [0.25, 0.3) is 0 Å². The molecule has 21 heavy (non-hydrogen) atoms. The minimum absolute atomic E-state index is 0.163. The first-order valence-corrected chi connectivity index (χ1v) is 7.25. The summed E-state index contributed by atoms with van der Waals surface area (Å²) in [5, 5.41) is 3.14. The lowest BCUT2D eigenvalue weighted by Gasteiger charge is -2.19. The Morgan fingerprint density at radius 2 is 2.10 bits per heavy atom. The predicted molar refractivity (Wildman–Crippen MR) is 79.9 cm³/mol. The van der Waals surface area contributed by atoms with E-state index >= 15 is 0 Å². The molecule has 0 saturated heterocycles. The molecule has 1 rings (SSSR count). The van der Waals surface area contributed by atoms with Gasteiger partial charge in [0.25, 0.3) is 0 Å². The molecule has 0 bridgehead atoms. The summed E-state index contributed by atoms with van der Waals surface area (Å²) in [6.07, 6.45) is 0.465. The van der Waals surface area contributed by atoms with Crippen LogP contribution < -0.4 is 10.1 Å². The van der Waals surface area contributed by atoms with E-state index in [4.69, 9.17) is 9.47 Å². The van der Waals surface area contributed by atoms with E-state index in [1.54, 1.807) is 26.0 Å². The lowest BCUT2D eigenvalue weighted by molar-refractivity contribution is -0.146. The van der Waals surface area contributed by atoms with Gasteiger partial charge in [-0.2, -0.15) is 0 Å². The zero-order valence-electron chi connectivity index (χ0n) is 13.1. The molecule has 0 radical (unpaired) electrons. The topological polar surface area (TPSA) is 47.6 Å². The van der Waals surface area contributed by atoms with Gasteiger partial charge in [-0.05, 0) is 25.5 Å². The number of hydrogen-bond donors (Lipinski definition) is 1. The third-order valence-corrected chi connectivity index (χ3v) is 2.92. The highest BCUT2D eigenvalue weighted by atomic mass is 19.1. The first-order valence-electron chi connectivity index (χ1n) is 7.25. The maximum absolute atomic E-state index is 13.4. The number of carbonyl (C=O) groups excluding carboxylic acids is 1. The summed E-state index contributed by atoms with van der Waals surface area (Å²) in [4.78, 5) is 11.8. The van der Waals surface area contributed by atoms with Crippen molar-refractivity contribution in [3.8, 4) is 5.75 Å². The van der Waals surface area contributed by atoms with Crippen molar-refractivity contribution in [1.29, 1.82) is 0 Å². The molecule has 5 heteroatoms. The monoisotopic (exact) mass is 297 g/mol. The summed E-state index contributed by atoms with van der Waals surface area (Å²) in [5.74, 6) is -0.120. The fourth-order valence-corrected chi connectivity index (χ4v) is 1.87. The van der Waals surface area contributed by atoms with Gasteiger partial charge in [0.15, 0.2) is 0 Å². The van der Waals surface area contributed by atoms with E-state index in [9.17, 15) is 9.18 Å². The number of benzene rings is 1. The third kappa shape index (κ3) is 6.12. The van der Waals surface area contributed by atoms with Gasteiger partial charge in [-0.15, -0.1) is 0 Å². The van der Waals surface area contributed by atoms with Crippen LogP contribution in [0.4, 0.5) is 4.39 Å². The Labute approximate surface area is 125 Å². The first-order chi connectivity index (χ1) is 9.93. The predicted octanol–water partition coefficient (Wildman–Crippen LogP) is 2.83. The number of nitrogens with one attached hydrogen (secondary N) is 1. The molecule has 0 aliphatic heterocycles. The lowest BCUT2D eigenvalue weighted by atomic mass is 10.2. The Bertz CT molecular complexity index is 463. The number of ether oxygens (including phenoxy) is 2. The summed E-state index contributed by atoms with van der Waals surface area (Å²) < 4.78 is 23.9. The van der Waals surface area contributed by atoms with Gasteiger partial charge in [-0.1, -0.05) is 19.9 Å². The highest BCUT2D eigenvalue weighted by Crippen LogP contribution is 2.16. The largest absolute Gasteiger partial charge is 0.493 e. The van der Waals surface area contributed by atoms with Gasteiger partial charge in [-0.3, -0.25) is 4.79 Å². The molecule has 1 aromatic carbocycles. The second kappa shape index (κ2) is 8.62. The lowest BCUT2D eigenvalue weighted by Crippen LogP contribution is -2.42. The second-order valence-corrected chi connectivity index (χ2v) is 5.17. The van der Waals surface area contributed by atoms with E-state index < -0.39 is 6.04 Å². The van der Waals surface area contributed by atoms with Gasteiger partial charge in [0, 0.05) is 18.5 Å². The van der Waals surface area contributed by atoms with Crippen LogP contribution in [0.15, 0.2) is 18.2 Å². The van der Waals surface area contributed by atoms with Crippen molar-refractivity contribution in [1.82, 2.24) is 5.32 Å². The molecule has 1 atom stereocenters. The molecule has 0 aromatic heterocycles. The number of carbonyl (C=O) groups is 1. The number of halogens is 1. The van der Waals surface area contributed by atoms with E-state index in [1.807, 2.05) is 13.8 Å². The van der Waals surface area contributed by atoms with Crippen molar-refractivity contribution < 1.29 is 18.7 Å². The average Bonchev–Trinajstić information content (AvgIpc) is 2.41. The smallest absolute Gasteiger partial charge is 0.323 e. The maximum atomic E-state index is 13.4. The molecule has 0 aliphatic carbocycles. The summed E-state index contributed by atoms with van der Waals surface area (Å²) in [6, 6.07) is 4.48. The summed E-state index contributed by atoms with van der Waals surface area (Å²) in [7, 11) is 0. The summed E-state index contributed by atoms with van der Waals surface area (Å²) >= 11 is 0. The molecular formula is C16H24FNO3. The molecule has 0 saturated carbocycles. The zero-order valence-corrected chi connectivity index (χ0v) is 13.1. The normalized spacial score (nSPS) is 12.3. The number of rotatable bonds is 8. The molecule has 4 nitrogen and oxygen atoms in total. The first kappa shape index (κ1) is 17.4. The molecule has 0 fully saturated rings. The van der Waals surface area contributed by atoms with Gasteiger partial charge >= 0.3 is 5.97 Å². The van der Waals surface area contributed by atoms with E-state index in [2.05, 4.69) is 5.32 Å².